The first kappa shape index (κ1) is 15.4. The molecule has 1 atom stereocenters. The molecule has 100 valence electrons. The van der Waals surface area contributed by atoms with Crippen molar-refractivity contribution in [3.63, 3.8) is 0 Å². The first-order valence-corrected chi connectivity index (χ1v) is 8.40. The van der Waals surface area contributed by atoms with E-state index in [2.05, 4.69) is 66.1 Å². The van der Waals surface area contributed by atoms with E-state index in [1.54, 1.807) is 0 Å². The Kier molecular flexibility index (Phi) is 5.35. The molecule has 1 nitrogen and oxygen atoms in total. The molecule has 0 spiro atoms. The third-order valence-corrected chi connectivity index (χ3v) is 5.33. The number of rotatable bonds is 3. The van der Waals surface area contributed by atoms with E-state index in [9.17, 15) is 0 Å². The minimum absolute atomic E-state index is 0.164. The maximum absolute atomic E-state index is 6.09. The number of benzene rings is 2. The van der Waals surface area contributed by atoms with Gasteiger partial charge in [-0.1, -0.05) is 55.6 Å². The summed E-state index contributed by atoms with van der Waals surface area (Å²) in [6.45, 7) is 2.11. The Balaban J connectivity index is 2.25. The Hall–Kier alpha value is -0.0300. The van der Waals surface area contributed by atoms with E-state index in [0.717, 1.165) is 19.1 Å². The van der Waals surface area contributed by atoms with Gasteiger partial charge in [0.25, 0.3) is 0 Å². The molecular formula is C14H11Br3ClN. The van der Waals surface area contributed by atoms with Crippen LogP contribution in [0.2, 0.25) is 5.02 Å². The molecule has 1 N–H and O–H groups in total. The molecule has 0 aromatic heterocycles. The molecule has 5 heteroatoms. The summed E-state index contributed by atoms with van der Waals surface area (Å²) in [6, 6.07) is 12.1. The quantitative estimate of drug-likeness (QED) is 0.523. The maximum Gasteiger partial charge on any atom is 0.0593 e. The van der Waals surface area contributed by atoms with E-state index < -0.39 is 0 Å². The van der Waals surface area contributed by atoms with E-state index in [1.807, 2.05) is 30.3 Å². The highest BCUT2D eigenvalue weighted by atomic mass is 79.9. The van der Waals surface area contributed by atoms with Crippen molar-refractivity contribution in [2.24, 2.45) is 0 Å². The fourth-order valence-electron chi connectivity index (χ4n) is 1.78. The standard InChI is InChI=1S/C14H11Br3ClN/c1-8(10-6-5-9(15)7-11(10)16)19-13-4-2-3-12(18)14(13)17/h2-8,19H,1H3. The van der Waals surface area contributed by atoms with Gasteiger partial charge in [0.15, 0.2) is 0 Å². The molecule has 0 aliphatic rings. The normalized spacial score (nSPS) is 12.3. The summed E-state index contributed by atoms with van der Waals surface area (Å²) in [7, 11) is 0. The van der Waals surface area contributed by atoms with Gasteiger partial charge in [-0.05, 0) is 52.7 Å². The Bertz CT molecular complexity index is 601. The van der Waals surface area contributed by atoms with E-state index in [0.29, 0.717) is 5.02 Å². The summed E-state index contributed by atoms with van der Waals surface area (Å²) in [4.78, 5) is 0. The molecule has 0 fully saturated rings. The largest absolute Gasteiger partial charge is 0.378 e. The zero-order valence-corrected chi connectivity index (χ0v) is 15.6. The first-order chi connectivity index (χ1) is 8.99. The van der Waals surface area contributed by atoms with Gasteiger partial charge in [0, 0.05) is 15.0 Å². The summed E-state index contributed by atoms with van der Waals surface area (Å²) in [5.74, 6) is 0. The van der Waals surface area contributed by atoms with E-state index in [1.165, 1.54) is 5.56 Å². The molecule has 0 aliphatic heterocycles. The zero-order valence-electron chi connectivity index (χ0n) is 10.1. The molecule has 0 bridgehead atoms. The lowest BCUT2D eigenvalue weighted by molar-refractivity contribution is 0.877. The van der Waals surface area contributed by atoms with Crippen LogP contribution >= 0.6 is 59.4 Å². The van der Waals surface area contributed by atoms with Crippen LogP contribution in [0.15, 0.2) is 49.8 Å². The highest BCUT2D eigenvalue weighted by Crippen LogP contribution is 2.34. The van der Waals surface area contributed by atoms with Gasteiger partial charge in [-0.15, -0.1) is 0 Å². The number of halogens is 4. The number of hydrogen-bond acceptors (Lipinski definition) is 1. The molecule has 2 aromatic carbocycles. The fourth-order valence-corrected chi connectivity index (χ4v) is 3.72. The number of nitrogens with one attached hydrogen (secondary N) is 1. The predicted octanol–water partition coefficient (Wildman–Crippen LogP) is 6.80. The maximum atomic E-state index is 6.09. The molecule has 19 heavy (non-hydrogen) atoms. The van der Waals surface area contributed by atoms with Gasteiger partial charge in [0.1, 0.15) is 0 Å². The van der Waals surface area contributed by atoms with Crippen LogP contribution in [-0.4, -0.2) is 0 Å². The summed E-state index contributed by atoms with van der Waals surface area (Å²) in [5, 5.41) is 4.15. The summed E-state index contributed by atoms with van der Waals surface area (Å²) in [5.41, 5.74) is 2.17. The molecule has 2 rings (SSSR count). The molecule has 0 saturated heterocycles. The molecule has 0 heterocycles. The second-order valence-corrected chi connectivity index (χ2v) is 7.10. The van der Waals surface area contributed by atoms with Gasteiger partial charge in [0.05, 0.1) is 15.2 Å². The predicted molar refractivity (Wildman–Crippen MR) is 93.0 cm³/mol. The van der Waals surface area contributed by atoms with E-state index in [4.69, 9.17) is 11.6 Å². The average molecular weight is 468 g/mol. The third-order valence-electron chi connectivity index (χ3n) is 2.75. The number of anilines is 1. The minimum Gasteiger partial charge on any atom is -0.378 e. The van der Waals surface area contributed by atoms with Crippen LogP contribution in [0, 0.1) is 0 Å². The van der Waals surface area contributed by atoms with Gasteiger partial charge < -0.3 is 5.32 Å². The van der Waals surface area contributed by atoms with Gasteiger partial charge in [0.2, 0.25) is 0 Å². The topological polar surface area (TPSA) is 12.0 Å². The van der Waals surface area contributed by atoms with Crippen LogP contribution in [0.5, 0.6) is 0 Å². The Morgan fingerprint density at radius 2 is 1.84 bits per heavy atom. The summed E-state index contributed by atoms with van der Waals surface area (Å²) in [6.07, 6.45) is 0. The minimum atomic E-state index is 0.164. The van der Waals surface area contributed by atoms with Crippen LogP contribution in [-0.2, 0) is 0 Å². The SMILES string of the molecule is CC(Nc1cccc(Cl)c1Br)c1ccc(Br)cc1Br. The van der Waals surface area contributed by atoms with E-state index >= 15 is 0 Å². The van der Waals surface area contributed by atoms with Crippen LogP contribution in [0.1, 0.15) is 18.5 Å². The lowest BCUT2D eigenvalue weighted by Gasteiger charge is -2.18. The smallest absolute Gasteiger partial charge is 0.0593 e. The molecule has 0 amide bonds. The molecule has 0 saturated carbocycles. The van der Waals surface area contributed by atoms with Crippen LogP contribution in [0.3, 0.4) is 0 Å². The Morgan fingerprint density at radius 3 is 2.53 bits per heavy atom. The summed E-state index contributed by atoms with van der Waals surface area (Å²) >= 11 is 16.6. The van der Waals surface area contributed by atoms with Crippen molar-refractivity contribution in [1.29, 1.82) is 0 Å². The van der Waals surface area contributed by atoms with Crippen molar-refractivity contribution >= 4 is 65.1 Å². The van der Waals surface area contributed by atoms with Crippen LogP contribution < -0.4 is 5.32 Å². The molecular weight excluding hydrogens is 457 g/mol. The van der Waals surface area contributed by atoms with Gasteiger partial charge >= 0.3 is 0 Å². The van der Waals surface area contributed by atoms with Crippen LogP contribution in [0.4, 0.5) is 5.69 Å². The highest BCUT2D eigenvalue weighted by Gasteiger charge is 2.12. The highest BCUT2D eigenvalue weighted by molar-refractivity contribution is 9.11. The molecule has 2 aromatic rings. The first-order valence-electron chi connectivity index (χ1n) is 5.64. The number of hydrogen-bond donors (Lipinski definition) is 1. The van der Waals surface area contributed by atoms with E-state index in [-0.39, 0.29) is 6.04 Å². The summed E-state index contributed by atoms with van der Waals surface area (Å²) < 4.78 is 3.01. The van der Waals surface area contributed by atoms with Gasteiger partial charge in [-0.3, -0.25) is 0 Å². The zero-order chi connectivity index (χ0) is 14.0. The molecule has 1 unspecified atom stereocenters. The third kappa shape index (κ3) is 3.75. The van der Waals surface area contributed by atoms with Crippen molar-refractivity contribution < 1.29 is 0 Å². The lowest BCUT2D eigenvalue weighted by Crippen LogP contribution is -2.07. The average Bonchev–Trinajstić information content (AvgIpc) is 2.34. The second-order valence-electron chi connectivity index (χ2n) is 4.13. The van der Waals surface area contributed by atoms with Crippen LogP contribution in [0.25, 0.3) is 0 Å². The van der Waals surface area contributed by atoms with Gasteiger partial charge in [-0.2, -0.15) is 0 Å². The Labute approximate surface area is 143 Å². The Morgan fingerprint density at radius 1 is 1.11 bits per heavy atom. The van der Waals surface area contributed by atoms with Crippen molar-refractivity contribution in [2.45, 2.75) is 13.0 Å². The second kappa shape index (κ2) is 6.61. The van der Waals surface area contributed by atoms with Crippen molar-refractivity contribution in [3.05, 3.63) is 60.4 Å². The van der Waals surface area contributed by atoms with Crippen molar-refractivity contribution in [2.75, 3.05) is 5.32 Å². The molecule has 0 aliphatic carbocycles. The van der Waals surface area contributed by atoms with Crippen molar-refractivity contribution in [3.8, 4) is 0 Å². The fraction of sp³-hybridized carbons (Fsp3) is 0.143. The van der Waals surface area contributed by atoms with Crippen molar-refractivity contribution in [1.82, 2.24) is 0 Å². The molecule has 0 radical (unpaired) electrons. The van der Waals surface area contributed by atoms with Gasteiger partial charge in [-0.25, -0.2) is 0 Å². The lowest BCUT2D eigenvalue weighted by atomic mass is 10.1. The monoisotopic (exact) mass is 465 g/mol.